The number of anilines is 1. The van der Waals surface area contributed by atoms with Crippen molar-refractivity contribution in [2.75, 3.05) is 11.5 Å². The van der Waals surface area contributed by atoms with Gasteiger partial charge in [0.25, 0.3) is 11.5 Å². The summed E-state index contributed by atoms with van der Waals surface area (Å²) in [5, 5.41) is 22.6. The Bertz CT molecular complexity index is 1600. The summed E-state index contributed by atoms with van der Waals surface area (Å²) >= 11 is 1.01. The Balaban J connectivity index is 1.65. The minimum atomic E-state index is -1.13. The van der Waals surface area contributed by atoms with Crippen molar-refractivity contribution < 1.29 is 28.7 Å². The molecule has 0 radical (unpaired) electrons. The Morgan fingerprint density at radius 3 is 2.50 bits per heavy atom. The summed E-state index contributed by atoms with van der Waals surface area (Å²) in [6.45, 7) is 2.49. The highest BCUT2D eigenvalue weighted by Crippen LogP contribution is 2.44. The lowest BCUT2D eigenvalue weighted by Gasteiger charge is -2.22. The van der Waals surface area contributed by atoms with E-state index in [2.05, 4.69) is 4.98 Å². The second-order valence-electron chi connectivity index (χ2n) is 8.50. The SMILES string of the molecule is CCCOc1ccc(C(O)=C2C(=O)C(=O)N(c3nc4ccc(F)cc4s3)C2c2ccc([N+](=O)[O-])cc2)cc1. The van der Waals surface area contributed by atoms with Crippen LogP contribution in [-0.2, 0) is 9.59 Å². The normalized spacial score (nSPS) is 16.8. The number of Topliss-reactive ketones (excluding diaryl/α,β-unsaturated/α-hetero) is 1. The molecule has 0 saturated carbocycles. The van der Waals surface area contributed by atoms with E-state index < -0.39 is 34.2 Å². The molecule has 5 rings (SSSR count). The van der Waals surface area contributed by atoms with E-state index in [4.69, 9.17) is 4.74 Å². The van der Waals surface area contributed by atoms with Gasteiger partial charge in [0.15, 0.2) is 5.13 Å². The van der Waals surface area contributed by atoms with Gasteiger partial charge in [0, 0.05) is 17.7 Å². The van der Waals surface area contributed by atoms with Crippen molar-refractivity contribution in [1.29, 1.82) is 0 Å². The molecule has 1 N–H and O–H groups in total. The van der Waals surface area contributed by atoms with Gasteiger partial charge >= 0.3 is 5.91 Å². The van der Waals surface area contributed by atoms with Crippen LogP contribution < -0.4 is 9.64 Å². The van der Waals surface area contributed by atoms with Gasteiger partial charge in [-0.3, -0.25) is 24.6 Å². The van der Waals surface area contributed by atoms with E-state index in [1.54, 1.807) is 24.3 Å². The van der Waals surface area contributed by atoms with E-state index in [1.165, 1.54) is 42.5 Å². The van der Waals surface area contributed by atoms with Crippen molar-refractivity contribution in [2.24, 2.45) is 0 Å². The number of ketones is 1. The molecule has 11 heteroatoms. The highest BCUT2D eigenvalue weighted by atomic mass is 32.1. The Hall–Kier alpha value is -4.64. The second-order valence-corrected chi connectivity index (χ2v) is 9.51. The van der Waals surface area contributed by atoms with Crippen LogP contribution in [0.2, 0.25) is 0 Å². The summed E-state index contributed by atoms with van der Waals surface area (Å²) in [5.41, 5.74) is 0.689. The number of hydrogen-bond donors (Lipinski definition) is 1. The first kappa shape index (κ1) is 25.0. The van der Waals surface area contributed by atoms with Crippen LogP contribution in [0.25, 0.3) is 16.0 Å². The zero-order valence-electron chi connectivity index (χ0n) is 20.0. The summed E-state index contributed by atoms with van der Waals surface area (Å²) in [5.74, 6) is -2.19. The lowest BCUT2D eigenvalue weighted by Crippen LogP contribution is -2.29. The van der Waals surface area contributed by atoms with Gasteiger partial charge in [-0.1, -0.05) is 18.3 Å². The quantitative estimate of drug-likeness (QED) is 0.105. The predicted octanol–water partition coefficient (Wildman–Crippen LogP) is 5.76. The number of ether oxygens (including phenoxy) is 1. The highest BCUT2D eigenvalue weighted by Gasteiger charge is 2.48. The summed E-state index contributed by atoms with van der Waals surface area (Å²) in [6, 6.07) is 14.6. The lowest BCUT2D eigenvalue weighted by molar-refractivity contribution is -0.384. The van der Waals surface area contributed by atoms with Crippen molar-refractivity contribution in [3.63, 3.8) is 0 Å². The van der Waals surface area contributed by atoms with Crippen LogP contribution in [0.1, 0.15) is 30.5 Å². The van der Waals surface area contributed by atoms with E-state index in [0.29, 0.717) is 28.1 Å². The minimum absolute atomic E-state index is 0.124. The largest absolute Gasteiger partial charge is 0.507 e. The Morgan fingerprint density at radius 2 is 1.84 bits per heavy atom. The van der Waals surface area contributed by atoms with Crippen LogP contribution in [0, 0.1) is 15.9 Å². The fourth-order valence-electron chi connectivity index (χ4n) is 4.20. The van der Waals surface area contributed by atoms with Crippen molar-refractivity contribution >= 4 is 49.8 Å². The molecule has 0 spiro atoms. The molecule has 1 saturated heterocycles. The first-order valence-electron chi connectivity index (χ1n) is 11.6. The maximum atomic E-state index is 13.8. The average molecular weight is 534 g/mol. The fourth-order valence-corrected chi connectivity index (χ4v) is 5.21. The number of aromatic nitrogens is 1. The molecule has 38 heavy (non-hydrogen) atoms. The molecule has 1 amide bonds. The number of rotatable bonds is 7. The van der Waals surface area contributed by atoms with E-state index >= 15 is 0 Å². The van der Waals surface area contributed by atoms with Crippen LogP contribution in [0.15, 0.2) is 72.3 Å². The van der Waals surface area contributed by atoms with Crippen LogP contribution in [0.5, 0.6) is 5.75 Å². The number of nitro groups is 1. The molecule has 0 bridgehead atoms. The zero-order valence-corrected chi connectivity index (χ0v) is 20.8. The molecule has 4 aromatic rings. The Kier molecular flexibility index (Phi) is 6.60. The van der Waals surface area contributed by atoms with E-state index in [-0.39, 0.29) is 22.0 Å². The molecule has 1 fully saturated rings. The van der Waals surface area contributed by atoms with Gasteiger partial charge in [0.05, 0.1) is 33.4 Å². The first-order valence-corrected chi connectivity index (χ1v) is 12.4. The molecule has 1 aliphatic heterocycles. The monoisotopic (exact) mass is 533 g/mol. The zero-order chi connectivity index (χ0) is 27.0. The fraction of sp³-hybridized carbons (Fsp3) is 0.148. The number of nitro benzene ring substituents is 1. The maximum Gasteiger partial charge on any atom is 0.301 e. The maximum absolute atomic E-state index is 13.8. The van der Waals surface area contributed by atoms with E-state index in [9.17, 15) is 29.2 Å². The highest BCUT2D eigenvalue weighted by molar-refractivity contribution is 7.22. The summed E-state index contributed by atoms with van der Waals surface area (Å²) in [7, 11) is 0. The van der Waals surface area contributed by atoms with Crippen LogP contribution in [0.4, 0.5) is 15.2 Å². The van der Waals surface area contributed by atoms with Crippen LogP contribution >= 0.6 is 11.3 Å². The van der Waals surface area contributed by atoms with Gasteiger partial charge in [-0.2, -0.15) is 0 Å². The number of benzene rings is 3. The van der Waals surface area contributed by atoms with Crippen LogP contribution in [0.3, 0.4) is 0 Å². The van der Waals surface area contributed by atoms with Gasteiger partial charge < -0.3 is 9.84 Å². The Labute approximate surface area is 219 Å². The van der Waals surface area contributed by atoms with E-state index in [0.717, 1.165) is 22.7 Å². The van der Waals surface area contributed by atoms with Crippen molar-refractivity contribution in [3.8, 4) is 5.75 Å². The number of non-ortho nitro benzene ring substituents is 1. The molecular formula is C27H20FN3O6S. The van der Waals surface area contributed by atoms with Gasteiger partial charge in [0.1, 0.15) is 17.3 Å². The number of carbonyl (C=O) groups excluding carboxylic acids is 2. The summed E-state index contributed by atoms with van der Waals surface area (Å²) in [4.78, 5) is 42.8. The van der Waals surface area contributed by atoms with Crippen molar-refractivity contribution in [1.82, 2.24) is 4.98 Å². The molecule has 1 atom stereocenters. The Morgan fingerprint density at radius 1 is 1.13 bits per heavy atom. The number of fused-ring (bicyclic) bond motifs is 1. The molecule has 3 aromatic carbocycles. The number of aliphatic hydroxyl groups excluding tert-OH is 1. The van der Waals surface area contributed by atoms with Gasteiger partial charge in [-0.05, 0) is 66.6 Å². The number of carbonyl (C=O) groups is 2. The minimum Gasteiger partial charge on any atom is -0.507 e. The number of halogens is 1. The lowest BCUT2D eigenvalue weighted by atomic mass is 9.95. The van der Waals surface area contributed by atoms with Gasteiger partial charge in [-0.25, -0.2) is 9.37 Å². The first-order chi connectivity index (χ1) is 18.3. The van der Waals surface area contributed by atoms with E-state index in [1.807, 2.05) is 6.92 Å². The third-order valence-corrected chi connectivity index (χ3v) is 7.03. The van der Waals surface area contributed by atoms with Crippen molar-refractivity contribution in [3.05, 3.63) is 99.4 Å². The summed E-state index contributed by atoms with van der Waals surface area (Å²) in [6.07, 6.45) is 0.818. The standard InChI is InChI=1S/C27H20FN3O6S/c1-2-13-37-19-10-5-16(6-11-19)24(32)22-23(15-3-8-18(9-4-15)31(35)36)30(26(34)25(22)33)27-29-20-12-7-17(28)14-21(20)38-27/h3-12,14,23,32H,2,13H2,1H3. The smallest absolute Gasteiger partial charge is 0.301 e. The van der Waals surface area contributed by atoms with Crippen molar-refractivity contribution in [2.45, 2.75) is 19.4 Å². The average Bonchev–Trinajstić information content (AvgIpc) is 3.44. The predicted molar refractivity (Wildman–Crippen MR) is 140 cm³/mol. The molecule has 1 aliphatic rings. The number of nitrogens with zero attached hydrogens (tertiary/aromatic N) is 3. The number of amides is 1. The molecule has 192 valence electrons. The third kappa shape index (κ3) is 4.48. The summed E-state index contributed by atoms with van der Waals surface area (Å²) < 4.78 is 19.8. The number of hydrogen-bond acceptors (Lipinski definition) is 8. The molecule has 2 heterocycles. The van der Waals surface area contributed by atoms with Gasteiger partial charge in [-0.15, -0.1) is 0 Å². The third-order valence-electron chi connectivity index (χ3n) is 6.01. The second kappa shape index (κ2) is 10.0. The topological polar surface area (TPSA) is 123 Å². The van der Waals surface area contributed by atoms with Crippen LogP contribution in [-0.4, -0.2) is 33.3 Å². The number of aliphatic hydroxyl groups is 1. The number of thiazole rings is 1. The molecule has 1 aromatic heterocycles. The molecular weight excluding hydrogens is 513 g/mol. The molecule has 0 aliphatic carbocycles. The molecule has 1 unspecified atom stereocenters. The molecule has 9 nitrogen and oxygen atoms in total. The van der Waals surface area contributed by atoms with Gasteiger partial charge in [0.2, 0.25) is 0 Å².